The number of nitrogens with zero attached hydrogens (tertiary/aromatic N) is 5. The van der Waals surface area contributed by atoms with Crippen molar-refractivity contribution in [3.8, 4) is 28.7 Å². The van der Waals surface area contributed by atoms with Gasteiger partial charge in [0.1, 0.15) is 16.4 Å². The van der Waals surface area contributed by atoms with Crippen LogP contribution in [0.15, 0.2) is 95.9 Å². The third-order valence-electron chi connectivity index (χ3n) is 6.84. The second-order valence-electron chi connectivity index (χ2n) is 9.50. The van der Waals surface area contributed by atoms with Crippen LogP contribution in [0.1, 0.15) is 5.56 Å². The lowest BCUT2D eigenvalue weighted by atomic mass is 10.1. The summed E-state index contributed by atoms with van der Waals surface area (Å²) in [5.41, 5.74) is 3.19. The minimum absolute atomic E-state index is 0.0830. The number of hydrogen-bond acceptors (Lipinski definition) is 6. The number of para-hydroxylation sites is 2. The zero-order valence-corrected chi connectivity index (χ0v) is 23.9. The van der Waals surface area contributed by atoms with Gasteiger partial charge in [-0.15, -0.1) is 11.3 Å². The third kappa shape index (κ3) is 5.43. The number of morpholine rings is 1. The predicted octanol–water partition coefficient (Wildman–Crippen LogP) is 3.77. The van der Waals surface area contributed by atoms with Gasteiger partial charge in [-0.3, -0.25) is 14.2 Å². The van der Waals surface area contributed by atoms with Crippen LogP contribution in [-0.2, 0) is 9.53 Å². The number of rotatable bonds is 5. The van der Waals surface area contributed by atoms with Crippen molar-refractivity contribution in [2.45, 2.75) is 0 Å². The summed E-state index contributed by atoms with van der Waals surface area (Å²) >= 11 is 7.26. The van der Waals surface area contributed by atoms with Gasteiger partial charge in [0.15, 0.2) is 5.57 Å². The lowest BCUT2D eigenvalue weighted by Gasteiger charge is -2.26. The number of halogens is 1. The first-order chi connectivity index (χ1) is 20.5. The number of carbonyl (C=O) groups excluding carboxylic acids is 1. The zero-order valence-electron chi connectivity index (χ0n) is 22.3. The van der Waals surface area contributed by atoms with Gasteiger partial charge >= 0.3 is 0 Å². The van der Waals surface area contributed by atoms with Crippen LogP contribution in [-0.4, -0.2) is 51.5 Å². The first kappa shape index (κ1) is 27.4. The number of nitriles is 1. The highest BCUT2D eigenvalue weighted by Crippen LogP contribution is 2.26. The standard InChI is InChI=1S/C32H24ClN5O3S/c33-24-13-11-22(12-14-24)29-23(21-37(35-29)25-7-3-1-4-8-25)19-28-31(40)38(26-9-5-2-6-10-26)32(42-28)27(20-34)30(39)36-15-17-41-18-16-36/h1-14,19,21H,15-18H2. The van der Waals surface area contributed by atoms with E-state index in [0.717, 1.165) is 22.6 Å². The van der Waals surface area contributed by atoms with Crippen LogP contribution >= 0.6 is 22.9 Å². The molecule has 0 bridgehead atoms. The molecule has 0 N–H and O–H groups in total. The van der Waals surface area contributed by atoms with E-state index in [1.54, 1.807) is 39.9 Å². The fourth-order valence-corrected chi connectivity index (χ4v) is 5.97. The van der Waals surface area contributed by atoms with Gasteiger partial charge in [0.05, 0.1) is 29.1 Å². The Hall–Kier alpha value is -4.75. The van der Waals surface area contributed by atoms with Gasteiger partial charge in [-0.05, 0) is 42.5 Å². The minimum atomic E-state index is -0.419. The van der Waals surface area contributed by atoms with Crippen LogP contribution in [0.2, 0.25) is 5.02 Å². The van der Waals surface area contributed by atoms with E-state index in [9.17, 15) is 14.9 Å². The molecule has 208 valence electrons. The number of hydrogen-bond donors (Lipinski definition) is 0. The SMILES string of the molecule is N#CC(C(=O)N1CCOCC1)=c1sc(=Cc2cn(-c3ccccc3)nc2-c2ccc(Cl)cc2)c(=O)n1-c1ccccc1. The maximum Gasteiger partial charge on any atom is 0.273 e. The Kier molecular flexibility index (Phi) is 7.84. The molecular weight excluding hydrogens is 570 g/mol. The van der Waals surface area contributed by atoms with E-state index in [4.69, 9.17) is 21.4 Å². The summed E-state index contributed by atoms with van der Waals surface area (Å²) in [5, 5.41) is 15.6. The lowest BCUT2D eigenvalue weighted by Crippen LogP contribution is -2.42. The highest BCUT2D eigenvalue weighted by molar-refractivity contribution is 7.07. The molecular formula is C32H24ClN5O3S. The number of ether oxygens (including phenoxy) is 1. The van der Waals surface area contributed by atoms with Gasteiger partial charge in [0.25, 0.3) is 11.5 Å². The van der Waals surface area contributed by atoms with Crippen LogP contribution in [0, 0.1) is 11.3 Å². The van der Waals surface area contributed by atoms with Crippen molar-refractivity contribution < 1.29 is 9.53 Å². The molecule has 1 aliphatic rings. The normalized spacial score (nSPS) is 14.5. The molecule has 0 spiro atoms. The van der Waals surface area contributed by atoms with Crippen LogP contribution < -0.4 is 14.8 Å². The molecule has 2 aromatic heterocycles. The van der Waals surface area contributed by atoms with E-state index < -0.39 is 5.91 Å². The molecule has 0 aliphatic carbocycles. The van der Waals surface area contributed by atoms with Crippen molar-refractivity contribution in [3.63, 3.8) is 0 Å². The van der Waals surface area contributed by atoms with Crippen molar-refractivity contribution in [1.82, 2.24) is 19.2 Å². The smallest absolute Gasteiger partial charge is 0.273 e. The van der Waals surface area contributed by atoms with Crippen LogP contribution in [0.4, 0.5) is 0 Å². The van der Waals surface area contributed by atoms with Crippen LogP contribution in [0.3, 0.4) is 0 Å². The molecule has 0 radical (unpaired) electrons. The van der Waals surface area contributed by atoms with E-state index in [0.29, 0.717) is 52.8 Å². The van der Waals surface area contributed by atoms with Crippen molar-refractivity contribution in [2.24, 2.45) is 0 Å². The largest absolute Gasteiger partial charge is 0.378 e. The van der Waals surface area contributed by atoms with Gasteiger partial charge in [-0.25, -0.2) is 4.68 Å². The number of benzene rings is 3. The molecule has 1 amide bonds. The average molecular weight is 594 g/mol. The maximum absolute atomic E-state index is 14.0. The van der Waals surface area contributed by atoms with Crippen molar-refractivity contribution in [3.05, 3.63) is 121 Å². The number of aromatic nitrogens is 3. The van der Waals surface area contributed by atoms with E-state index >= 15 is 0 Å². The molecule has 42 heavy (non-hydrogen) atoms. The molecule has 0 atom stereocenters. The molecule has 0 saturated carbocycles. The Bertz CT molecular complexity index is 1970. The Morgan fingerprint density at radius 3 is 2.24 bits per heavy atom. The molecule has 3 heterocycles. The highest BCUT2D eigenvalue weighted by atomic mass is 35.5. The molecule has 6 rings (SSSR count). The Morgan fingerprint density at radius 1 is 0.952 bits per heavy atom. The van der Waals surface area contributed by atoms with Crippen molar-refractivity contribution in [2.75, 3.05) is 26.3 Å². The van der Waals surface area contributed by atoms with Gasteiger partial charge in [-0.2, -0.15) is 10.4 Å². The van der Waals surface area contributed by atoms with Gasteiger partial charge < -0.3 is 9.64 Å². The summed E-state index contributed by atoms with van der Waals surface area (Å²) in [7, 11) is 0. The summed E-state index contributed by atoms with van der Waals surface area (Å²) in [6.07, 6.45) is 3.62. The fraction of sp³-hybridized carbons (Fsp3) is 0.125. The van der Waals surface area contributed by atoms with Crippen LogP contribution in [0.25, 0.3) is 34.3 Å². The molecule has 5 aromatic rings. The second-order valence-corrected chi connectivity index (χ2v) is 11.0. The number of carbonyl (C=O) groups is 1. The van der Waals surface area contributed by atoms with E-state index in [2.05, 4.69) is 6.07 Å². The summed E-state index contributed by atoms with van der Waals surface area (Å²) < 4.78 is 9.22. The summed E-state index contributed by atoms with van der Waals surface area (Å²) in [6.45, 7) is 1.57. The van der Waals surface area contributed by atoms with Gasteiger partial charge in [-0.1, -0.05) is 60.1 Å². The second kappa shape index (κ2) is 12.0. The molecule has 0 unspecified atom stereocenters. The molecule has 1 saturated heterocycles. The number of amides is 1. The Labute approximate surface area is 250 Å². The first-order valence-corrected chi connectivity index (χ1v) is 14.4. The lowest BCUT2D eigenvalue weighted by molar-refractivity contribution is -0.128. The average Bonchev–Trinajstić information content (AvgIpc) is 3.60. The number of thiazole rings is 1. The monoisotopic (exact) mass is 593 g/mol. The van der Waals surface area contributed by atoms with Crippen molar-refractivity contribution >= 4 is 40.5 Å². The summed E-state index contributed by atoms with van der Waals surface area (Å²) in [6, 6.07) is 28.1. The van der Waals surface area contributed by atoms with Gasteiger partial charge in [0, 0.05) is 35.4 Å². The quantitative estimate of drug-likeness (QED) is 0.309. The molecule has 1 aliphatic heterocycles. The topological polar surface area (TPSA) is 93.2 Å². The summed E-state index contributed by atoms with van der Waals surface area (Å²) in [4.78, 5) is 29.1. The molecule has 8 nitrogen and oxygen atoms in total. The Balaban J connectivity index is 1.60. The minimum Gasteiger partial charge on any atom is -0.378 e. The molecule has 10 heteroatoms. The fourth-order valence-electron chi connectivity index (χ4n) is 4.75. The zero-order chi connectivity index (χ0) is 29.1. The highest BCUT2D eigenvalue weighted by Gasteiger charge is 2.24. The predicted molar refractivity (Wildman–Crippen MR) is 163 cm³/mol. The molecule has 1 fully saturated rings. The Morgan fingerprint density at radius 2 is 1.60 bits per heavy atom. The van der Waals surface area contributed by atoms with Crippen molar-refractivity contribution in [1.29, 1.82) is 5.26 Å². The summed E-state index contributed by atoms with van der Waals surface area (Å²) in [5.74, 6) is -0.419. The third-order valence-corrected chi connectivity index (χ3v) is 8.19. The van der Waals surface area contributed by atoms with E-state index in [1.807, 2.05) is 66.9 Å². The van der Waals surface area contributed by atoms with E-state index in [1.165, 1.54) is 4.57 Å². The van der Waals surface area contributed by atoms with Crippen LogP contribution in [0.5, 0.6) is 0 Å². The first-order valence-electron chi connectivity index (χ1n) is 13.2. The maximum atomic E-state index is 14.0. The molecule has 3 aromatic carbocycles. The van der Waals surface area contributed by atoms with E-state index in [-0.39, 0.29) is 15.8 Å². The van der Waals surface area contributed by atoms with Gasteiger partial charge in [0.2, 0.25) is 0 Å².